The third-order valence-electron chi connectivity index (χ3n) is 3.21. The number of aryl methyl sites for hydroxylation is 2. The maximum absolute atomic E-state index is 12.4. The summed E-state index contributed by atoms with van der Waals surface area (Å²) in [6, 6.07) is 5.96. The highest BCUT2D eigenvalue weighted by atomic mass is 35.5. The standard InChI is InChI=1S/C14H16ClF2N3O/c1-8-13(15)11(20(2)19-8)7-10(18)9-5-3-4-6-12(9)21-14(16)17/h3-6,10,14H,7,18H2,1-2H3. The van der Waals surface area contributed by atoms with E-state index in [1.807, 2.05) is 0 Å². The summed E-state index contributed by atoms with van der Waals surface area (Å²) in [5.74, 6) is 0.0787. The maximum Gasteiger partial charge on any atom is 0.387 e. The first kappa shape index (κ1) is 15.7. The first-order chi connectivity index (χ1) is 9.90. The SMILES string of the molecule is Cc1nn(C)c(CC(N)c2ccccc2OC(F)F)c1Cl. The third-order valence-corrected chi connectivity index (χ3v) is 3.70. The molecule has 0 aliphatic heterocycles. The molecule has 0 radical (unpaired) electrons. The van der Waals surface area contributed by atoms with Crippen molar-refractivity contribution in [2.24, 2.45) is 12.8 Å². The number of para-hydroxylation sites is 1. The maximum atomic E-state index is 12.4. The van der Waals surface area contributed by atoms with Crippen LogP contribution in [0.25, 0.3) is 0 Å². The average molecular weight is 316 g/mol. The first-order valence-corrected chi connectivity index (χ1v) is 6.75. The number of hydrogen-bond donors (Lipinski definition) is 1. The van der Waals surface area contributed by atoms with Gasteiger partial charge < -0.3 is 10.5 Å². The summed E-state index contributed by atoms with van der Waals surface area (Å²) in [6.07, 6.45) is 0.375. The molecule has 0 saturated carbocycles. The van der Waals surface area contributed by atoms with Crippen LogP contribution in [0.3, 0.4) is 0 Å². The molecule has 0 spiro atoms. The Hall–Kier alpha value is -1.66. The quantitative estimate of drug-likeness (QED) is 0.921. The van der Waals surface area contributed by atoms with Crippen LogP contribution in [0.15, 0.2) is 24.3 Å². The normalized spacial score (nSPS) is 12.7. The summed E-state index contributed by atoms with van der Waals surface area (Å²) in [7, 11) is 1.77. The lowest BCUT2D eigenvalue weighted by molar-refractivity contribution is -0.0506. The van der Waals surface area contributed by atoms with Crippen LogP contribution in [0.5, 0.6) is 5.75 Å². The van der Waals surface area contributed by atoms with E-state index in [-0.39, 0.29) is 5.75 Å². The summed E-state index contributed by atoms with van der Waals surface area (Å²) < 4.78 is 31.0. The summed E-state index contributed by atoms with van der Waals surface area (Å²) in [6.45, 7) is -1.09. The van der Waals surface area contributed by atoms with Crippen LogP contribution in [-0.4, -0.2) is 16.4 Å². The van der Waals surface area contributed by atoms with Crippen molar-refractivity contribution in [1.29, 1.82) is 0 Å². The Bertz CT molecular complexity index is 631. The molecule has 1 atom stereocenters. The number of alkyl halides is 2. The molecule has 2 N–H and O–H groups in total. The number of benzene rings is 1. The molecular formula is C14H16ClF2N3O. The van der Waals surface area contributed by atoms with Gasteiger partial charge in [-0.15, -0.1) is 0 Å². The van der Waals surface area contributed by atoms with Gasteiger partial charge in [0.2, 0.25) is 0 Å². The fraction of sp³-hybridized carbons (Fsp3) is 0.357. The highest BCUT2D eigenvalue weighted by molar-refractivity contribution is 6.31. The number of nitrogens with two attached hydrogens (primary N) is 1. The summed E-state index contributed by atoms with van der Waals surface area (Å²) in [5.41, 5.74) is 8.10. The van der Waals surface area contributed by atoms with Crippen LogP contribution in [0.1, 0.15) is 23.0 Å². The summed E-state index contributed by atoms with van der Waals surface area (Å²) in [4.78, 5) is 0. The molecule has 0 bridgehead atoms. The number of nitrogens with zero attached hydrogens (tertiary/aromatic N) is 2. The Morgan fingerprint density at radius 2 is 2.05 bits per heavy atom. The van der Waals surface area contributed by atoms with E-state index < -0.39 is 12.7 Å². The molecule has 0 aliphatic rings. The largest absolute Gasteiger partial charge is 0.434 e. The van der Waals surface area contributed by atoms with E-state index in [0.29, 0.717) is 22.7 Å². The number of aromatic nitrogens is 2. The Balaban J connectivity index is 2.26. The highest BCUT2D eigenvalue weighted by Gasteiger charge is 2.19. The predicted octanol–water partition coefficient (Wildman–Crippen LogP) is 3.23. The van der Waals surface area contributed by atoms with Gasteiger partial charge in [-0.3, -0.25) is 4.68 Å². The number of halogens is 3. The number of hydrogen-bond acceptors (Lipinski definition) is 3. The van der Waals surface area contributed by atoms with Gasteiger partial charge >= 0.3 is 6.61 Å². The van der Waals surface area contributed by atoms with Crippen molar-refractivity contribution < 1.29 is 13.5 Å². The molecule has 0 amide bonds. The fourth-order valence-electron chi connectivity index (χ4n) is 2.21. The summed E-state index contributed by atoms with van der Waals surface area (Å²) >= 11 is 6.18. The molecule has 7 heteroatoms. The molecule has 0 saturated heterocycles. The lowest BCUT2D eigenvalue weighted by Crippen LogP contribution is -2.17. The smallest absolute Gasteiger partial charge is 0.387 e. The fourth-order valence-corrected chi connectivity index (χ4v) is 2.45. The van der Waals surface area contributed by atoms with E-state index >= 15 is 0 Å². The molecule has 0 fully saturated rings. The van der Waals surface area contributed by atoms with Crippen molar-refractivity contribution in [2.75, 3.05) is 0 Å². The van der Waals surface area contributed by atoms with Crippen LogP contribution < -0.4 is 10.5 Å². The van der Waals surface area contributed by atoms with Crippen molar-refractivity contribution >= 4 is 11.6 Å². The van der Waals surface area contributed by atoms with Crippen molar-refractivity contribution in [3.8, 4) is 5.75 Å². The number of ether oxygens (including phenoxy) is 1. The molecule has 4 nitrogen and oxygen atoms in total. The second kappa shape index (κ2) is 6.41. The van der Waals surface area contributed by atoms with Gasteiger partial charge in [0.1, 0.15) is 5.75 Å². The Morgan fingerprint density at radius 1 is 1.38 bits per heavy atom. The molecule has 1 aromatic heterocycles. The minimum Gasteiger partial charge on any atom is -0.434 e. The van der Waals surface area contributed by atoms with E-state index in [4.69, 9.17) is 17.3 Å². The third kappa shape index (κ3) is 3.51. The van der Waals surface area contributed by atoms with Gasteiger partial charge in [-0.25, -0.2) is 0 Å². The van der Waals surface area contributed by atoms with Crippen molar-refractivity contribution in [2.45, 2.75) is 26.0 Å². The van der Waals surface area contributed by atoms with Gasteiger partial charge in [-0.2, -0.15) is 13.9 Å². The van der Waals surface area contributed by atoms with Crippen LogP contribution in [0, 0.1) is 6.92 Å². The lowest BCUT2D eigenvalue weighted by Gasteiger charge is -2.17. The van der Waals surface area contributed by atoms with Crippen LogP contribution in [0.2, 0.25) is 5.02 Å². The van der Waals surface area contributed by atoms with E-state index in [1.165, 1.54) is 6.07 Å². The zero-order valence-electron chi connectivity index (χ0n) is 11.7. The zero-order valence-corrected chi connectivity index (χ0v) is 12.4. The van der Waals surface area contributed by atoms with Crippen molar-refractivity contribution in [3.63, 3.8) is 0 Å². The van der Waals surface area contributed by atoms with E-state index in [9.17, 15) is 8.78 Å². The second-order valence-corrected chi connectivity index (χ2v) is 5.07. The Kier molecular flexibility index (Phi) is 4.80. The molecule has 21 heavy (non-hydrogen) atoms. The topological polar surface area (TPSA) is 53.1 Å². The Morgan fingerprint density at radius 3 is 2.62 bits per heavy atom. The average Bonchev–Trinajstić information content (AvgIpc) is 2.65. The van der Waals surface area contributed by atoms with E-state index in [1.54, 1.807) is 36.9 Å². The highest BCUT2D eigenvalue weighted by Crippen LogP contribution is 2.29. The van der Waals surface area contributed by atoms with Crippen LogP contribution >= 0.6 is 11.6 Å². The van der Waals surface area contributed by atoms with E-state index in [0.717, 1.165) is 5.69 Å². The molecule has 114 valence electrons. The Labute approximate surface area is 126 Å². The molecule has 1 aromatic carbocycles. The van der Waals surface area contributed by atoms with Gasteiger partial charge in [-0.1, -0.05) is 29.8 Å². The molecule has 2 rings (SSSR count). The van der Waals surface area contributed by atoms with Gasteiger partial charge in [0.05, 0.1) is 16.4 Å². The summed E-state index contributed by atoms with van der Waals surface area (Å²) in [5, 5.41) is 4.75. The predicted molar refractivity (Wildman–Crippen MR) is 76.7 cm³/mol. The monoisotopic (exact) mass is 315 g/mol. The lowest BCUT2D eigenvalue weighted by atomic mass is 10.0. The molecule has 1 heterocycles. The molecule has 2 aromatic rings. The first-order valence-electron chi connectivity index (χ1n) is 6.37. The minimum absolute atomic E-state index is 0.0787. The number of rotatable bonds is 5. The van der Waals surface area contributed by atoms with Gasteiger partial charge in [0.15, 0.2) is 0 Å². The van der Waals surface area contributed by atoms with Crippen molar-refractivity contribution in [3.05, 3.63) is 46.2 Å². The van der Waals surface area contributed by atoms with Gasteiger partial charge in [0, 0.05) is 25.1 Å². The van der Waals surface area contributed by atoms with Crippen molar-refractivity contribution in [1.82, 2.24) is 9.78 Å². The van der Waals surface area contributed by atoms with Crippen LogP contribution in [-0.2, 0) is 13.5 Å². The minimum atomic E-state index is -2.89. The zero-order chi connectivity index (χ0) is 15.6. The molecule has 1 unspecified atom stereocenters. The van der Waals surface area contributed by atoms with Gasteiger partial charge in [-0.05, 0) is 13.0 Å². The second-order valence-electron chi connectivity index (χ2n) is 4.70. The molecule has 0 aliphatic carbocycles. The van der Waals surface area contributed by atoms with Crippen LogP contribution in [0.4, 0.5) is 8.78 Å². The molecular weight excluding hydrogens is 300 g/mol. The van der Waals surface area contributed by atoms with Gasteiger partial charge in [0.25, 0.3) is 0 Å². The van der Waals surface area contributed by atoms with E-state index in [2.05, 4.69) is 9.84 Å².